The van der Waals surface area contributed by atoms with E-state index in [-0.39, 0.29) is 37.2 Å². The molecule has 1 saturated heterocycles. The van der Waals surface area contributed by atoms with Crippen molar-refractivity contribution in [2.24, 2.45) is 5.73 Å². The Morgan fingerprint density at radius 3 is 2.53 bits per heavy atom. The first-order valence-corrected chi connectivity index (χ1v) is 11.2. The van der Waals surface area contributed by atoms with Gasteiger partial charge in [0.05, 0.1) is 19.8 Å². The number of carboxylic acid groups (broad SMARTS) is 1. The van der Waals surface area contributed by atoms with E-state index < -0.39 is 6.04 Å². The summed E-state index contributed by atoms with van der Waals surface area (Å²) in [4.78, 5) is 46.1. The molecule has 0 spiro atoms. The second kappa shape index (κ2) is 16.7. The summed E-state index contributed by atoms with van der Waals surface area (Å²) >= 11 is 0. The lowest BCUT2D eigenvalue weighted by Gasteiger charge is -2.29. The van der Waals surface area contributed by atoms with Gasteiger partial charge in [0, 0.05) is 38.3 Å². The van der Waals surface area contributed by atoms with Crippen LogP contribution in [-0.4, -0.2) is 84.9 Å². The lowest BCUT2D eigenvalue weighted by molar-refractivity contribution is -0.137. The Morgan fingerprint density at radius 2 is 1.94 bits per heavy atom. The smallest absolute Gasteiger partial charge is 0.290 e. The van der Waals surface area contributed by atoms with Crippen molar-refractivity contribution in [3.8, 4) is 0 Å². The zero-order chi connectivity index (χ0) is 25.3. The molecular weight excluding hydrogens is 446 g/mol. The van der Waals surface area contributed by atoms with Crippen molar-refractivity contribution in [3.63, 3.8) is 0 Å². The van der Waals surface area contributed by atoms with Crippen LogP contribution in [0.3, 0.4) is 0 Å². The molecule has 0 aliphatic carbocycles. The maximum Gasteiger partial charge on any atom is 0.290 e. The van der Waals surface area contributed by atoms with Gasteiger partial charge >= 0.3 is 0 Å². The summed E-state index contributed by atoms with van der Waals surface area (Å²) in [5.41, 5.74) is 8.14. The van der Waals surface area contributed by atoms with Crippen molar-refractivity contribution in [3.05, 3.63) is 34.9 Å². The van der Waals surface area contributed by atoms with Crippen LogP contribution in [0.4, 0.5) is 0 Å². The van der Waals surface area contributed by atoms with E-state index >= 15 is 0 Å². The number of hydrogen-bond donors (Lipinski definition) is 4. The van der Waals surface area contributed by atoms with Gasteiger partial charge in [0.2, 0.25) is 11.8 Å². The van der Waals surface area contributed by atoms with Gasteiger partial charge in [-0.15, -0.1) is 0 Å². The van der Waals surface area contributed by atoms with Gasteiger partial charge in [-0.25, -0.2) is 0 Å². The molecule has 11 nitrogen and oxygen atoms in total. The van der Waals surface area contributed by atoms with Gasteiger partial charge in [-0.05, 0) is 43.4 Å². The Kier molecular flexibility index (Phi) is 14.3. The fourth-order valence-corrected chi connectivity index (χ4v) is 3.64. The standard InChI is InChI=1S/C18H23N3O4.C4H10O2.CH2O2/c19-8-10-25-9-2-4-12-3-1-5-13-14(12)11-21(18(13)24)15-6-7-16(22)20-17(15)23;1-2-6-4-3-5;2-1-3/h1,3,5,15H,2,4,6-11,19H2,(H,20,22,23);5H,2-4H2,1H3;1H,(H,2,3). The molecule has 2 aliphatic heterocycles. The minimum Gasteiger partial charge on any atom is -0.483 e. The molecule has 1 aromatic carbocycles. The number of benzene rings is 1. The summed E-state index contributed by atoms with van der Waals surface area (Å²) in [6.45, 7) is 5.05. The van der Waals surface area contributed by atoms with Crippen molar-refractivity contribution in [1.29, 1.82) is 0 Å². The van der Waals surface area contributed by atoms with Crippen molar-refractivity contribution in [2.75, 3.05) is 39.6 Å². The van der Waals surface area contributed by atoms with Gasteiger partial charge in [-0.2, -0.15) is 0 Å². The first kappa shape index (κ1) is 29.2. The summed E-state index contributed by atoms with van der Waals surface area (Å²) in [6, 6.07) is 5.13. The molecule has 1 aromatic rings. The quantitative estimate of drug-likeness (QED) is 0.205. The third kappa shape index (κ3) is 9.18. The Bertz CT molecular complexity index is 798. The number of aryl methyl sites for hydroxylation is 1. The van der Waals surface area contributed by atoms with Crippen LogP contribution in [0.2, 0.25) is 0 Å². The van der Waals surface area contributed by atoms with E-state index in [9.17, 15) is 14.4 Å². The van der Waals surface area contributed by atoms with E-state index in [2.05, 4.69) is 5.32 Å². The fourth-order valence-electron chi connectivity index (χ4n) is 3.64. The van der Waals surface area contributed by atoms with Gasteiger partial charge in [0.25, 0.3) is 12.4 Å². The molecule has 3 amide bonds. The lowest BCUT2D eigenvalue weighted by atomic mass is 10.00. The van der Waals surface area contributed by atoms with Crippen LogP contribution in [0, 0.1) is 0 Å². The monoisotopic (exact) mass is 481 g/mol. The van der Waals surface area contributed by atoms with Crippen LogP contribution in [-0.2, 0) is 36.8 Å². The Morgan fingerprint density at radius 1 is 1.21 bits per heavy atom. The highest BCUT2D eigenvalue weighted by Crippen LogP contribution is 2.30. The number of fused-ring (bicyclic) bond motifs is 1. The molecule has 11 heteroatoms. The molecule has 5 N–H and O–H groups in total. The van der Waals surface area contributed by atoms with Gasteiger partial charge in [-0.3, -0.25) is 24.5 Å². The number of aliphatic hydroxyl groups is 1. The number of nitrogens with one attached hydrogen (secondary N) is 1. The Labute approximate surface area is 199 Å². The van der Waals surface area contributed by atoms with Crippen molar-refractivity contribution in [2.45, 2.75) is 45.2 Å². The molecule has 0 aromatic heterocycles. The van der Waals surface area contributed by atoms with Gasteiger partial charge < -0.3 is 30.3 Å². The first-order valence-electron chi connectivity index (χ1n) is 11.2. The maximum absolute atomic E-state index is 12.7. The van der Waals surface area contributed by atoms with Crippen molar-refractivity contribution in [1.82, 2.24) is 10.2 Å². The molecule has 2 heterocycles. The van der Waals surface area contributed by atoms with E-state index in [0.717, 1.165) is 24.0 Å². The molecule has 1 unspecified atom stereocenters. The van der Waals surface area contributed by atoms with E-state index in [1.165, 1.54) is 0 Å². The van der Waals surface area contributed by atoms with Gasteiger partial charge in [0.1, 0.15) is 6.04 Å². The van der Waals surface area contributed by atoms with Gasteiger partial charge in [0.15, 0.2) is 0 Å². The number of ether oxygens (including phenoxy) is 2. The molecule has 190 valence electrons. The van der Waals surface area contributed by atoms with Crippen LogP contribution in [0.5, 0.6) is 0 Å². The molecule has 0 bridgehead atoms. The number of piperidine rings is 1. The number of carbonyl (C=O) groups is 4. The lowest BCUT2D eigenvalue weighted by Crippen LogP contribution is -2.52. The summed E-state index contributed by atoms with van der Waals surface area (Å²) < 4.78 is 10.1. The van der Waals surface area contributed by atoms with Crippen LogP contribution >= 0.6 is 0 Å². The highest BCUT2D eigenvalue weighted by molar-refractivity contribution is 6.05. The highest BCUT2D eigenvalue weighted by atomic mass is 16.5. The number of hydrogen-bond acceptors (Lipinski definition) is 8. The first-order chi connectivity index (χ1) is 16.4. The predicted octanol–water partition coefficient (Wildman–Crippen LogP) is 0.0715. The largest absolute Gasteiger partial charge is 0.483 e. The molecule has 0 radical (unpaired) electrons. The topological polar surface area (TPSA) is 168 Å². The van der Waals surface area contributed by atoms with Crippen molar-refractivity contribution < 1.29 is 38.9 Å². The number of carbonyl (C=O) groups excluding carboxylic acids is 3. The van der Waals surface area contributed by atoms with Crippen LogP contribution < -0.4 is 11.1 Å². The second-order valence-corrected chi connectivity index (χ2v) is 7.37. The molecule has 1 atom stereocenters. The molecule has 1 fully saturated rings. The minimum atomic E-state index is -0.571. The summed E-state index contributed by atoms with van der Waals surface area (Å²) in [5, 5.41) is 17.3. The van der Waals surface area contributed by atoms with Gasteiger partial charge in [-0.1, -0.05) is 12.1 Å². The molecular formula is C23H35N3O8. The molecule has 0 saturated carbocycles. The number of imide groups is 1. The van der Waals surface area contributed by atoms with E-state index in [0.29, 0.717) is 51.5 Å². The molecule has 34 heavy (non-hydrogen) atoms. The Balaban J connectivity index is 0.000000551. The van der Waals surface area contributed by atoms with E-state index in [1.54, 1.807) is 11.0 Å². The fraction of sp³-hybridized carbons (Fsp3) is 0.565. The number of nitrogens with two attached hydrogens (primary N) is 1. The number of aliphatic hydroxyl groups excluding tert-OH is 1. The SMILES string of the molecule is CCOCCO.NCCOCCCc1cccc2c1CN(C1CCC(=O)NC1=O)C2=O.O=CO. The average molecular weight is 482 g/mol. The normalized spacial score (nSPS) is 16.6. The average Bonchev–Trinajstić information content (AvgIpc) is 3.15. The zero-order valence-corrected chi connectivity index (χ0v) is 19.5. The van der Waals surface area contributed by atoms with Crippen molar-refractivity contribution >= 4 is 24.2 Å². The minimum absolute atomic E-state index is 0.133. The Hall–Kier alpha value is -2.86. The third-order valence-corrected chi connectivity index (χ3v) is 5.12. The second-order valence-electron chi connectivity index (χ2n) is 7.37. The summed E-state index contributed by atoms with van der Waals surface area (Å²) in [6.07, 6.45) is 2.31. The van der Waals surface area contributed by atoms with Crippen LogP contribution in [0.25, 0.3) is 0 Å². The molecule has 3 rings (SSSR count). The highest BCUT2D eigenvalue weighted by Gasteiger charge is 2.39. The predicted molar refractivity (Wildman–Crippen MR) is 123 cm³/mol. The van der Waals surface area contributed by atoms with Crippen LogP contribution in [0.15, 0.2) is 18.2 Å². The van der Waals surface area contributed by atoms with E-state index in [1.807, 2.05) is 19.1 Å². The summed E-state index contributed by atoms with van der Waals surface area (Å²) in [5.74, 6) is -0.788. The van der Waals surface area contributed by atoms with E-state index in [4.69, 9.17) is 30.2 Å². The van der Waals surface area contributed by atoms with Crippen LogP contribution in [0.1, 0.15) is 47.7 Å². The number of nitrogens with zero attached hydrogens (tertiary/aromatic N) is 1. The number of amides is 3. The summed E-state index contributed by atoms with van der Waals surface area (Å²) in [7, 11) is 0. The number of rotatable bonds is 10. The zero-order valence-electron chi connectivity index (χ0n) is 19.5. The third-order valence-electron chi connectivity index (χ3n) is 5.12. The maximum atomic E-state index is 12.7. The molecule has 2 aliphatic rings.